The van der Waals surface area contributed by atoms with Crippen molar-refractivity contribution in [3.8, 4) is 0 Å². The fourth-order valence-electron chi connectivity index (χ4n) is 1.30. The summed E-state index contributed by atoms with van der Waals surface area (Å²) in [5.41, 5.74) is 13.1. The lowest BCUT2D eigenvalue weighted by Crippen LogP contribution is -2.28. The molecule has 7 nitrogen and oxygen atoms in total. The standard InChI is InChI=1S/C8H9N5O2S/c9-8(10)12-11-7-5-3-1-2-4-6(5)16(14,15)13-7/h1-4H,(H,11,13)(H4,9,10,12). The van der Waals surface area contributed by atoms with E-state index >= 15 is 0 Å². The third kappa shape index (κ3) is 1.70. The smallest absolute Gasteiger partial charge is 0.285 e. The number of nitrogens with one attached hydrogen (secondary N) is 1. The molecular weight excluding hydrogens is 230 g/mol. The minimum absolute atomic E-state index is 0.115. The lowest BCUT2D eigenvalue weighted by molar-refractivity contribution is 0.599. The van der Waals surface area contributed by atoms with Crippen molar-refractivity contribution in [3.05, 3.63) is 29.8 Å². The lowest BCUT2D eigenvalue weighted by Gasteiger charge is -2.00. The summed E-state index contributed by atoms with van der Waals surface area (Å²) in [7, 11) is -3.63. The van der Waals surface area contributed by atoms with Gasteiger partial charge in [-0.05, 0) is 12.1 Å². The van der Waals surface area contributed by atoms with E-state index in [9.17, 15) is 8.42 Å². The fraction of sp³-hybridized carbons (Fsp3) is 0. The molecule has 0 bridgehead atoms. The number of benzene rings is 1. The maximum atomic E-state index is 11.6. The minimum Gasteiger partial charge on any atom is -0.369 e. The first-order valence-corrected chi connectivity index (χ1v) is 5.74. The van der Waals surface area contributed by atoms with Crippen LogP contribution in [0.3, 0.4) is 0 Å². The Labute approximate surface area is 91.9 Å². The second kappa shape index (κ2) is 3.49. The molecular formula is C8H9N5O2S. The normalized spacial score (nSPS) is 16.1. The fourth-order valence-corrected chi connectivity index (χ4v) is 2.47. The third-order valence-corrected chi connectivity index (χ3v) is 3.26. The molecule has 0 saturated carbocycles. The predicted octanol–water partition coefficient (Wildman–Crippen LogP) is -1.09. The van der Waals surface area contributed by atoms with Gasteiger partial charge >= 0.3 is 0 Å². The Morgan fingerprint density at radius 2 is 2.00 bits per heavy atom. The Hall–Kier alpha value is -2.09. The highest BCUT2D eigenvalue weighted by Crippen LogP contribution is 2.24. The van der Waals surface area contributed by atoms with E-state index < -0.39 is 10.0 Å². The Morgan fingerprint density at radius 1 is 1.31 bits per heavy atom. The van der Waals surface area contributed by atoms with E-state index in [0.717, 1.165) is 0 Å². The van der Waals surface area contributed by atoms with Gasteiger partial charge in [0.1, 0.15) is 4.90 Å². The van der Waals surface area contributed by atoms with Crippen molar-refractivity contribution in [2.45, 2.75) is 4.90 Å². The molecule has 1 aromatic carbocycles. The average molecular weight is 239 g/mol. The van der Waals surface area contributed by atoms with Crippen LogP contribution in [0.15, 0.2) is 38.7 Å². The highest BCUT2D eigenvalue weighted by atomic mass is 32.2. The summed E-state index contributed by atoms with van der Waals surface area (Å²) in [6.45, 7) is 0. The Kier molecular flexibility index (Phi) is 2.27. The number of hydrogen-bond donors (Lipinski definition) is 3. The van der Waals surface area contributed by atoms with Gasteiger partial charge in [0, 0.05) is 5.56 Å². The number of sulfonamides is 1. The number of hydrazone groups is 1. The molecule has 0 fully saturated rings. The van der Waals surface area contributed by atoms with Gasteiger partial charge in [-0.2, -0.15) is 8.42 Å². The molecule has 0 saturated heterocycles. The SMILES string of the molecule is NC(N)=NNC1=NS(=O)(=O)c2ccccc21. The molecule has 16 heavy (non-hydrogen) atoms. The van der Waals surface area contributed by atoms with Crippen LogP contribution < -0.4 is 16.9 Å². The largest absolute Gasteiger partial charge is 0.369 e. The zero-order valence-corrected chi connectivity index (χ0v) is 8.90. The van der Waals surface area contributed by atoms with Crippen molar-refractivity contribution in [3.63, 3.8) is 0 Å². The molecule has 1 aliphatic rings. The van der Waals surface area contributed by atoms with Crippen LogP contribution in [0.1, 0.15) is 5.56 Å². The van der Waals surface area contributed by atoms with E-state index in [-0.39, 0.29) is 16.7 Å². The number of amidine groups is 1. The second-order valence-electron chi connectivity index (χ2n) is 3.06. The Morgan fingerprint density at radius 3 is 2.69 bits per heavy atom. The van der Waals surface area contributed by atoms with Gasteiger partial charge < -0.3 is 11.5 Å². The molecule has 0 radical (unpaired) electrons. The van der Waals surface area contributed by atoms with Gasteiger partial charge in [-0.3, -0.25) is 5.43 Å². The lowest BCUT2D eigenvalue weighted by atomic mass is 10.2. The second-order valence-corrected chi connectivity index (χ2v) is 4.63. The van der Waals surface area contributed by atoms with Crippen LogP contribution in [-0.2, 0) is 10.0 Å². The van der Waals surface area contributed by atoms with E-state index in [1.807, 2.05) is 0 Å². The van der Waals surface area contributed by atoms with Gasteiger partial charge in [-0.25, -0.2) is 0 Å². The van der Waals surface area contributed by atoms with E-state index in [2.05, 4.69) is 14.9 Å². The van der Waals surface area contributed by atoms with Crippen LogP contribution in [0, 0.1) is 0 Å². The van der Waals surface area contributed by atoms with Gasteiger partial charge in [-0.15, -0.1) is 9.50 Å². The topological polar surface area (TPSA) is 123 Å². The Bertz CT molecular complexity index is 586. The molecule has 0 aliphatic carbocycles. The molecule has 0 spiro atoms. The summed E-state index contributed by atoms with van der Waals surface area (Å²) in [6.07, 6.45) is 0. The molecule has 1 aliphatic heterocycles. The van der Waals surface area contributed by atoms with Crippen molar-refractivity contribution < 1.29 is 8.42 Å². The molecule has 0 atom stereocenters. The van der Waals surface area contributed by atoms with Gasteiger partial charge in [0.05, 0.1) is 0 Å². The van der Waals surface area contributed by atoms with Gasteiger partial charge in [-0.1, -0.05) is 12.1 Å². The van der Waals surface area contributed by atoms with Gasteiger partial charge in [0.2, 0.25) is 5.96 Å². The van der Waals surface area contributed by atoms with Crippen molar-refractivity contribution in [2.75, 3.05) is 0 Å². The van der Waals surface area contributed by atoms with E-state index in [1.165, 1.54) is 6.07 Å². The zero-order valence-electron chi connectivity index (χ0n) is 8.08. The number of nitrogens with two attached hydrogens (primary N) is 2. The number of guanidine groups is 1. The summed E-state index contributed by atoms with van der Waals surface area (Å²) in [5.74, 6) is -0.0894. The first-order valence-electron chi connectivity index (χ1n) is 4.30. The minimum atomic E-state index is -3.63. The van der Waals surface area contributed by atoms with Crippen LogP contribution in [0.25, 0.3) is 0 Å². The van der Waals surface area contributed by atoms with Crippen molar-refractivity contribution in [1.29, 1.82) is 0 Å². The number of rotatable bonds is 1. The zero-order chi connectivity index (χ0) is 11.8. The number of fused-ring (bicyclic) bond motifs is 1. The molecule has 5 N–H and O–H groups in total. The molecule has 84 valence electrons. The molecule has 0 aromatic heterocycles. The molecule has 1 heterocycles. The summed E-state index contributed by atoms with van der Waals surface area (Å²) < 4.78 is 26.7. The van der Waals surface area contributed by atoms with Gasteiger partial charge in [0.15, 0.2) is 5.84 Å². The quantitative estimate of drug-likeness (QED) is 0.326. The van der Waals surface area contributed by atoms with Crippen LogP contribution >= 0.6 is 0 Å². The summed E-state index contributed by atoms with van der Waals surface area (Å²) in [4.78, 5) is 0.142. The number of nitrogens with zero attached hydrogens (tertiary/aromatic N) is 2. The summed E-state index contributed by atoms with van der Waals surface area (Å²) in [6, 6.07) is 6.41. The predicted molar refractivity (Wildman–Crippen MR) is 59.1 cm³/mol. The first kappa shape index (κ1) is 10.4. The summed E-state index contributed by atoms with van der Waals surface area (Å²) >= 11 is 0. The highest BCUT2D eigenvalue weighted by Gasteiger charge is 2.28. The first-order chi connectivity index (χ1) is 7.50. The maximum Gasteiger partial charge on any atom is 0.285 e. The van der Waals surface area contributed by atoms with Crippen LogP contribution in [0.5, 0.6) is 0 Å². The van der Waals surface area contributed by atoms with Crippen molar-refractivity contribution in [1.82, 2.24) is 5.43 Å². The van der Waals surface area contributed by atoms with Crippen LogP contribution in [0.2, 0.25) is 0 Å². The van der Waals surface area contributed by atoms with Crippen molar-refractivity contribution >= 4 is 21.8 Å². The van der Waals surface area contributed by atoms with Crippen LogP contribution in [0.4, 0.5) is 0 Å². The van der Waals surface area contributed by atoms with Crippen molar-refractivity contribution in [2.24, 2.45) is 21.0 Å². The number of hydrogen-bond acceptors (Lipinski definition) is 4. The van der Waals surface area contributed by atoms with E-state index in [0.29, 0.717) is 5.56 Å². The molecule has 1 aromatic rings. The maximum absolute atomic E-state index is 11.6. The Balaban J connectivity index is 2.47. The van der Waals surface area contributed by atoms with Crippen LogP contribution in [-0.4, -0.2) is 20.2 Å². The summed E-state index contributed by atoms with van der Waals surface area (Å²) in [5, 5.41) is 3.50. The molecule has 2 rings (SSSR count). The van der Waals surface area contributed by atoms with E-state index in [1.54, 1.807) is 18.2 Å². The van der Waals surface area contributed by atoms with E-state index in [4.69, 9.17) is 11.5 Å². The monoisotopic (exact) mass is 239 g/mol. The molecule has 0 unspecified atom stereocenters. The average Bonchev–Trinajstić information content (AvgIpc) is 2.49. The molecule has 8 heteroatoms. The highest BCUT2D eigenvalue weighted by molar-refractivity contribution is 7.90. The van der Waals surface area contributed by atoms with Gasteiger partial charge in [0.25, 0.3) is 10.0 Å². The molecule has 0 amide bonds. The third-order valence-electron chi connectivity index (χ3n) is 1.92.